The third-order valence-electron chi connectivity index (χ3n) is 4.36. The molecule has 21 heavy (non-hydrogen) atoms. The second-order valence-electron chi connectivity index (χ2n) is 5.82. The van der Waals surface area contributed by atoms with Crippen LogP contribution >= 0.6 is 22.9 Å². The molecule has 0 unspecified atom stereocenters. The molecule has 1 fully saturated rings. The number of imidazole rings is 1. The van der Waals surface area contributed by atoms with Crippen LogP contribution in [0.3, 0.4) is 0 Å². The first-order chi connectivity index (χ1) is 10.2. The maximum atomic E-state index is 6.05. The van der Waals surface area contributed by atoms with E-state index in [1.807, 2.05) is 18.5 Å². The van der Waals surface area contributed by atoms with Crippen LogP contribution in [0.1, 0.15) is 36.4 Å². The topological polar surface area (TPSA) is 21.1 Å². The Hall–Kier alpha value is -0.840. The number of halogens is 1. The molecule has 0 bridgehead atoms. The molecule has 5 heteroatoms. The van der Waals surface area contributed by atoms with Crippen LogP contribution in [0.5, 0.6) is 0 Å². The maximum Gasteiger partial charge on any atom is 0.108 e. The SMILES string of the molecule is Cn1ccnc1CC[C@@H]1CCCCN1Cc1ccc(Cl)s1. The molecule has 0 N–H and O–H groups in total. The van der Waals surface area contributed by atoms with Crippen LogP contribution in [0.15, 0.2) is 24.5 Å². The molecule has 1 aliphatic rings. The molecule has 114 valence electrons. The minimum atomic E-state index is 0.677. The summed E-state index contributed by atoms with van der Waals surface area (Å²) in [6.45, 7) is 2.25. The zero-order valence-electron chi connectivity index (χ0n) is 12.5. The first-order valence-electron chi connectivity index (χ1n) is 7.67. The molecule has 3 nitrogen and oxygen atoms in total. The molecule has 0 saturated carbocycles. The fraction of sp³-hybridized carbons (Fsp3) is 0.562. The number of likely N-dealkylation sites (tertiary alicyclic amines) is 1. The van der Waals surface area contributed by atoms with Gasteiger partial charge in [0, 0.05) is 43.3 Å². The van der Waals surface area contributed by atoms with Gasteiger partial charge in [0.1, 0.15) is 5.82 Å². The second kappa shape index (κ2) is 6.95. The van der Waals surface area contributed by atoms with Gasteiger partial charge >= 0.3 is 0 Å². The van der Waals surface area contributed by atoms with Crippen molar-refractivity contribution >= 4 is 22.9 Å². The van der Waals surface area contributed by atoms with E-state index < -0.39 is 0 Å². The van der Waals surface area contributed by atoms with E-state index in [2.05, 4.69) is 27.6 Å². The molecule has 0 aliphatic carbocycles. The molecule has 0 amide bonds. The standard InChI is InChI=1S/C16H22ClN3S/c1-19-11-9-18-16(19)8-5-13-4-2-3-10-20(13)12-14-6-7-15(17)21-14/h6-7,9,11,13H,2-5,8,10,12H2,1H3/t13-/m0/s1. The van der Waals surface area contributed by atoms with Crippen LogP contribution in [0.25, 0.3) is 0 Å². The first kappa shape index (κ1) is 15.1. The van der Waals surface area contributed by atoms with Crippen LogP contribution in [0, 0.1) is 0 Å². The summed E-state index contributed by atoms with van der Waals surface area (Å²) in [6.07, 6.45) is 10.2. The number of thiophene rings is 1. The van der Waals surface area contributed by atoms with Gasteiger partial charge in [0.25, 0.3) is 0 Å². The summed E-state index contributed by atoms with van der Waals surface area (Å²) >= 11 is 7.76. The van der Waals surface area contributed by atoms with Crippen molar-refractivity contribution < 1.29 is 0 Å². The number of hydrogen-bond acceptors (Lipinski definition) is 3. The third kappa shape index (κ3) is 3.87. The number of hydrogen-bond donors (Lipinski definition) is 0. The van der Waals surface area contributed by atoms with Crippen LogP contribution in [0.4, 0.5) is 0 Å². The summed E-state index contributed by atoms with van der Waals surface area (Å²) in [5.41, 5.74) is 0. The number of nitrogens with zero attached hydrogens (tertiary/aromatic N) is 3. The lowest BCUT2D eigenvalue weighted by molar-refractivity contribution is 0.133. The number of piperidine rings is 1. The van der Waals surface area contributed by atoms with Crippen LogP contribution in [-0.4, -0.2) is 27.0 Å². The van der Waals surface area contributed by atoms with E-state index in [1.165, 1.54) is 42.9 Å². The number of aromatic nitrogens is 2. The van der Waals surface area contributed by atoms with E-state index in [0.29, 0.717) is 6.04 Å². The molecular weight excluding hydrogens is 302 g/mol. The van der Waals surface area contributed by atoms with Crippen molar-refractivity contribution in [2.75, 3.05) is 6.54 Å². The molecule has 0 spiro atoms. The van der Waals surface area contributed by atoms with Gasteiger partial charge in [-0.3, -0.25) is 4.90 Å². The normalized spacial score (nSPS) is 20.0. The quantitative estimate of drug-likeness (QED) is 0.825. The zero-order chi connectivity index (χ0) is 14.7. The van der Waals surface area contributed by atoms with Crippen LogP contribution < -0.4 is 0 Å². The van der Waals surface area contributed by atoms with E-state index in [1.54, 1.807) is 11.3 Å². The monoisotopic (exact) mass is 323 g/mol. The molecule has 2 aromatic rings. The average Bonchev–Trinajstić information content (AvgIpc) is 3.07. The Kier molecular flexibility index (Phi) is 4.99. The van der Waals surface area contributed by atoms with Gasteiger partial charge in [0.2, 0.25) is 0 Å². The highest BCUT2D eigenvalue weighted by molar-refractivity contribution is 7.16. The predicted octanol–water partition coefficient (Wildman–Crippen LogP) is 4.12. The molecule has 3 heterocycles. The minimum absolute atomic E-state index is 0.677. The van der Waals surface area contributed by atoms with Gasteiger partial charge in [-0.15, -0.1) is 11.3 Å². The lowest BCUT2D eigenvalue weighted by atomic mass is 9.97. The number of rotatable bonds is 5. The smallest absolute Gasteiger partial charge is 0.108 e. The summed E-state index contributed by atoms with van der Waals surface area (Å²) in [4.78, 5) is 8.45. The summed E-state index contributed by atoms with van der Waals surface area (Å²) in [6, 6.07) is 4.85. The summed E-state index contributed by atoms with van der Waals surface area (Å²) < 4.78 is 3.03. The highest BCUT2D eigenvalue weighted by Gasteiger charge is 2.23. The number of aryl methyl sites for hydroxylation is 2. The van der Waals surface area contributed by atoms with Crippen LogP contribution in [-0.2, 0) is 20.0 Å². The fourth-order valence-electron chi connectivity index (χ4n) is 3.17. The zero-order valence-corrected chi connectivity index (χ0v) is 14.0. The van der Waals surface area contributed by atoms with Crippen molar-refractivity contribution in [3.63, 3.8) is 0 Å². The molecule has 1 aliphatic heterocycles. The van der Waals surface area contributed by atoms with Crippen molar-refractivity contribution in [1.29, 1.82) is 0 Å². The van der Waals surface area contributed by atoms with Gasteiger partial charge in [-0.05, 0) is 37.9 Å². The van der Waals surface area contributed by atoms with Gasteiger partial charge in [0.15, 0.2) is 0 Å². The Morgan fingerprint density at radius 3 is 3.00 bits per heavy atom. The minimum Gasteiger partial charge on any atom is -0.338 e. The van der Waals surface area contributed by atoms with E-state index >= 15 is 0 Å². The molecule has 3 rings (SSSR count). The second-order valence-corrected chi connectivity index (χ2v) is 7.62. The van der Waals surface area contributed by atoms with Gasteiger partial charge in [0.05, 0.1) is 4.34 Å². The molecule has 1 atom stereocenters. The van der Waals surface area contributed by atoms with Crippen molar-refractivity contribution in [2.45, 2.75) is 44.7 Å². The van der Waals surface area contributed by atoms with E-state index in [-0.39, 0.29) is 0 Å². The fourth-order valence-corrected chi connectivity index (χ4v) is 4.28. The largest absolute Gasteiger partial charge is 0.338 e. The van der Waals surface area contributed by atoms with E-state index in [4.69, 9.17) is 11.6 Å². The predicted molar refractivity (Wildman–Crippen MR) is 88.9 cm³/mol. The summed E-state index contributed by atoms with van der Waals surface area (Å²) in [5, 5.41) is 0. The highest BCUT2D eigenvalue weighted by Crippen LogP contribution is 2.27. The Bertz CT molecular complexity index is 578. The molecule has 0 aromatic carbocycles. The summed E-state index contributed by atoms with van der Waals surface area (Å²) in [5.74, 6) is 1.19. The lowest BCUT2D eigenvalue weighted by Crippen LogP contribution is -2.39. The third-order valence-corrected chi connectivity index (χ3v) is 5.57. The van der Waals surface area contributed by atoms with Gasteiger partial charge in [-0.1, -0.05) is 18.0 Å². The lowest BCUT2D eigenvalue weighted by Gasteiger charge is -2.35. The van der Waals surface area contributed by atoms with Crippen molar-refractivity contribution in [3.05, 3.63) is 39.6 Å². The summed E-state index contributed by atoms with van der Waals surface area (Å²) in [7, 11) is 2.08. The van der Waals surface area contributed by atoms with Gasteiger partial charge in [-0.2, -0.15) is 0 Å². The van der Waals surface area contributed by atoms with Crippen molar-refractivity contribution in [2.24, 2.45) is 7.05 Å². The van der Waals surface area contributed by atoms with Crippen molar-refractivity contribution in [1.82, 2.24) is 14.5 Å². The maximum absolute atomic E-state index is 6.05. The van der Waals surface area contributed by atoms with Gasteiger partial charge < -0.3 is 4.57 Å². The Labute approximate surface area is 135 Å². The molecule has 2 aromatic heterocycles. The Morgan fingerprint density at radius 1 is 1.38 bits per heavy atom. The first-order valence-corrected chi connectivity index (χ1v) is 8.86. The van der Waals surface area contributed by atoms with E-state index in [9.17, 15) is 0 Å². The van der Waals surface area contributed by atoms with E-state index in [0.717, 1.165) is 17.3 Å². The average molecular weight is 324 g/mol. The van der Waals surface area contributed by atoms with Crippen LogP contribution in [0.2, 0.25) is 4.34 Å². The highest BCUT2D eigenvalue weighted by atomic mass is 35.5. The Balaban J connectivity index is 1.60. The van der Waals surface area contributed by atoms with Crippen molar-refractivity contribution in [3.8, 4) is 0 Å². The molecular formula is C16H22ClN3S. The molecule has 0 radical (unpaired) electrons. The van der Waals surface area contributed by atoms with Gasteiger partial charge in [-0.25, -0.2) is 4.98 Å². The molecule has 1 saturated heterocycles. The Morgan fingerprint density at radius 2 is 2.29 bits per heavy atom.